The van der Waals surface area contributed by atoms with E-state index >= 15 is 0 Å². The van der Waals surface area contributed by atoms with Crippen LogP contribution in [0.2, 0.25) is 0 Å². The van der Waals surface area contributed by atoms with E-state index in [1.54, 1.807) is 20.9 Å². The average Bonchev–Trinajstić information content (AvgIpc) is 2.01. The lowest BCUT2D eigenvalue weighted by molar-refractivity contribution is 0.447. The summed E-state index contributed by atoms with van der Waals surface area (Å²) in [6.07, 6.45) is 1.12. The van der Waals surface area contributed by atoms with Crippen LogP contribution in [0.5, 0.6) is 0 Å². The van der Waals surface area contributed by atoms with Crippen LogP contribution in [0.1, 0.15) is 13.8 Å². The van der Waals surface area contributed by atoms with Crippen LogP contribution in [0.4, 0.5) is 0 Å². The van der Waals surface area contributed by atoms with E-state index in [2.05, 4.69) is 20.5 Å². The summed E-state index contributed by atoms with van der Waals surface area (Å²) in [6, 6.07) is 0. The number of rotatable bonds is 4. The molecule has 0 aliphatic rings. The molecule has 0 unspecified atom stereocenters. The first-order chi connectivity index (χ1) is 6.70. The highest BCUT2D eigenvalue weighted by molar-refractivity contribution is 7.88. The highest BCUT2D eigenvalue weighted by Crippen LogP contribution is 2.01. The van der Waals surface area contributed by atoms with Gasteiger partial charge in [0.15, 0.2) is 0 Å². The predicted molar refractivity (Wildman–Crippen MR) is 60.7 cm³/mol. The lowest BCUT2D eigenvalue weighted by Crippen LogP contribution is -2.53. The zero-order valence-corrected chi connectivity index (χ0v) is 10.3. The van der Waals surface area contributed by atoms with Crippen molar-refractivity contribution in [2.45, 2.75) is 19.4 Å². The van der Waals surface area contributed by atoms with Gasteiger partial charge in [-0.15, -0.1) is 0 Å². The van der Waals surface area contributed by atoms with Gasteiger partial charge in [-0.25, -0.2) is 19.0 Å². The smallest absolute Gasteiger partial charge is 0.209 e. The van der Waals surface area contributed by atoms with E-state index in [9.17, 15) is 8.42 Å². The first-order valence-electron chi connectivity index (χ1n) is 4.36. The lowest BCUT2D eigenvalue weighted by Gasteiger charge is -2.25. The number of hydrazine groups is 1. The van der Waals surface area contributed by atoms with Gasteiger partial charge in [0, 0.05) is 19.1 Å². The van der Waals surface area contributed by atoms with E-state index in [1.807, 2.05) is 0 Å². The molecule has 0 rings (SSSR count). The summed E-state index contributed by atoms with van der Waals surface area (Å²) in [5, 5.41) is 2.87. The summed E-state index contributed by atoms with van der Waals surface area (Å²) in [7, 11) is -1.66. The fourth-order valence-corrected chi connectivity index (χ4v) is 2.11. The van der Waals surface area contributed by atoms with Crippen molar-refractivity contribution >= 4 is 16.0 Å². The van der Waals surface area contributed by atoms with Crippen molar-refractivity contribution in [2.24, 2.45) is 10.8 Å². The van der Waals surface area contributed by atoms with Crippen molar-refractivity contribution in [1.82, 2.24) is 15.5 Å². The molecule has 5 N–H and O–H groups in total. The Labute approximate surface area is 90.5 Å². The standard InChI is InChI=1S/C7H19N5O2S/c1-7(2,12-15(4,13)14)5-10-6(9-3)11-8/h12H,5,8H2,1-4H3,(H2,9,10,11). The SMILES string of the molecule is CN=C(NN)NCC(C)(C)NS(C)(=O)=O. The number of aliphatic imine (C=N–C) groups is 1. The molecule has 0 saturated carbocycles. The molecule has 0 bridgehead atoms. The minimum atomic E-state index is -3.22. The van der Waals surface area contributed by atoms with Crippen LogP contribution in [0.25, 0.3) is 0 Å². The predicted octanol–water partition coefficient (Wildman–Crippen LogP) is -1.65. The Morgan fingerprint density at radius 3 is 2.33 bits per heavy atom. The molecule has 0 fully saturated rings. The van der Waals surface area contributed by atoms with Crippen LogP contribution in [-0.4, -0.2) is 39.8 Å². The van der Waals surface area contributed by atoms with Gasteiger partial charge in [-0.2, -0.15) is 0 Å². The van der Waals surface area contributed by atoms with Crippen LogP contribution < -0.4 is 21.3 Å². The molecule has 0 aliphatic heterocycles. The summed E-state index contributed by atoms with van der Waals surface area (Å²) in [5.74, 6) is 5.56. The quantitative estimate of drug-likeness (QED) is 0.203. The van der Waals surface area contributed by atoms with Crippen molar-refractivity contribution in [2.75, 3.05) is 19.8 Å². The average molecular weight is 237 g/mol. The van der Waals surface area contributed by atoms with Gasteiger partial charge >= 0.3 is 0 Å². The van der Waals surface area contributed by atoms with Gasteiger partial charge in [-0.1, -0.05) is 0 Å². The molecular formula is C7H19N5O2S. The third-order valence-corrected chi connectivity index (χ3v) is 2.44. The van der Waals surface area contributed by atoms with Gasteiger partial charge in [0.1, 0.15) is 0 Å². The molecule has 0 heterocycles. The molecule has 0 aromatic rings. The molecule has 0 atom stereocenters. The molecule has 0 saturated heterocycles. The van der Waals surface area contributed by atoms with Crippen molar-refractivity contribution < 1.29 is 8.42 Å². The number of hydrogen-bond acceptors (Lipinski definition) is 4. The molecule has 0 radical (unpaired) electrons. The third-order valence-electron chi connectivity index (χ3n) is 1.52. The van der Waals surface area contributed by atoms with Gasteiger partial charge in [0.05, 0.1) is 6.26 Å². The Morgan fingerprint density at radius 2 is 2.00 bits per heavy atom. The summed E-state index contributed by atoms with van der Waals surface area (Å²) in [6.45, 7) is 3.88. The molecule has 8 heteroatoms. The number of guanidine groups is 1. The fraction of sp³-hybridized carbons (Fsp3) is 0.857. The summed E-state index contributed by atoms with van der Waals surface area (Å²) >= 11 is 0. The molecule has 0 aliphatic carbocycles. The second-order valence-corrected chi connectivity index (χ2v) is 5.58. The molecule has 0 aromatic carbocycles. The van der Waals surface area contributed by atoms with Gasteiger partial charge in [0.25, 0.3) is 0 Å². The Hall–Kier alpha value is -0.860. The maximum Gasteiger partial charge on any atom is 0.209 e. The monoisotopic (exact) mass is 237 g/mol. The van der Waals surface area contributed by atoms with Crippen LogP contribution in [0.3, 0.4) is 0 Å². The van der Waals surface area contributed by atoms with Crippen molar-refractivity contribution in [3.05, 3.63) is 0 Å². The van der Waals surface area contributed by atoms with Crippen LogP contribution in [0.15, 0.2) is 4.99 Å². The molecule has 90 valence electrons. The maximum absolute atomic E-state index is 11.0. The molecule has 7 nitrogen and oxygen atoms in total. The van der Waals surface area contributed by atoms with Crippen molar-refractivity contribution in [3.8, 4) is 0 Å². The molecule has 0 aromatic heterocycles. The minimum absolute atomic E-state index is 0.372. The van der Waals surface area contributed by atoms with Crippen LogP contribution >= 0.6 is 0 Å². The highest BCUT2D eigenvalue weighted by atomic mass is 32.2. The topological polar surface area (TPSA) is 109 Å². The van der Waals surface area contributed by atoms with E-state index < -0.39 is 15.6 Å². The van der Waals surface area contributed by atoms with Gasteiger partial charge in [0.2, 0.25) is 16.0 Å². The van der Waals surface area contributed by atoms with E-state index in [0.717, 1.165) is 6.26 Å². The maximum atomic E-state index is 11.0. The van der Waals surface area contributed by atoms with E-state index in [1.165, 1.54) is 0 Å². The second-order valence-electron chi connectivity index (χ2n) is 3.83. The summed E-state index contributed by atoms with van der Waals surface area (Å²) in [5.41, 5.74) is 1.74. The molecule has 0 amide bonds. The van der Waals surface area contributed by atoms with Gasteiger partial charge in [-0.05, 0) is 13.8 Å². The van der Waals surface area contributed by atoms with E-state index in [0.29, 0.717) is 12.5 Å². The first-order valence-corrected chi connectivity index (χ1v) is 6.25. The summed E-state index contributed by atoms with van der Waals surface area (Å²) < 4.78 is 24.5. The van der Waals surface area contributed by atoms with Gasteiger partial charge in [-0.3, -0.25) is 10.4 Å². The van der Waals surface area contributed by atoms with E-state index in [-0.39, 0.29) is 0 Å². The lowest BCUT2D eigenvalue weighted by atomic mass is 10.1. The Kier molecular flexibility index (Phi) is 4.98. The Bertz CT molecular complexity index is 322. The number of hydrogen-bond donors (Lipinski definition) is 4. The normalized spacial score (nSPS) is 13.8. The number of nitrogens with two attached hydrogens (primary N) is 1. The highest BCUT2D eigenvalue weighted by Gasteiger charge is 2.22. The van der Waals surface area contributed by atoms with E-state index in [4.69, 9.17) is 5.84 Å². The molecule has 0 spiro atoms. The zero-order valence-electron chi connectivity index (χ0n) is 9.46. The third kappa shape index (κ3) is 7.11. The summed E-state index contributed by atoms with van der Waals surface area (Å²) in [4.78, 5) is 3.80. The molecule has 15 heavy (non-hydrogen) atoms. The molecular weight excluding hydrogens is 218 g/mol. The first kappa shape index (κ1) is 14.1. The second kappa shape index (κ2) is 5.29. The van der Waals surface area contributed by atoms with Crippen LogP contribution in [-0.2, 0) is 10.0 Å². The fourth-order valence-electron chi connectivity index (χ4n) is 1.04. The number of nitrogens with zero attached hydrogens (tertiary/aromatic N) is 1. The van der Waals surface area contributed by atoms with Crippen LogP contribution in [0, 0.1) is 0 Å². The van der Waals surface area contributed by atoms with Crippen molar-refractivity contribution in [3.63, 3.8) is 0 Å². The zero-order chi connectivity index (χ0) is 12.1. The minimum Gasteiger partial charge on any atom is -0.353 e. The Morgan fingerprint density at radius 1 is 1.47 bits per heavy atom. The largest absolute Gasteiger partial charge is 0.353 e. The number of sulfonamides is 1. The number of nitrogens with one attached hydrogen (secondary N) is 3. The van der Waals surface area contributed by atoms with Crippen molar-refractivity contribution in [1.29, 1.82) is 0 Å². The van der Waals surface area contributed by atoms with Gasteiger partial charge < -0.3 is 5.32 Å². The Balaban J connectivity index is 4.28.